The molecule has 3 rings (SSSR count). The second-order valence-electron chi connectivity index (χ2n) is 6.61. The number of esters is 1. The van der Waals surface area contributed by atoms with Crippen molar-refractivity contribution < 1.29 is 14.3 Å². The van der Waals surface area contributed by atoms with Crippen LogP contribution in [0.4, 0.5) is 0 Å². The van der Waals surface area contributed by atoms with Gasteiger partial charge < -0.3 is 4.74 Å². The molecule has 0 bridgehead atoms. The van der Waals surface area contributed by atoms with Gasteiger partial charge in [0, 0.05) is 12.0 Å². The van der Waals surface area contributed by atoms with Gasteiger partial charge in [0.1, 0.15) is 5.54 Å². The Morgan fingerprint density at radius 3 is 2.89 bits per heavy atom. The Bertz CT molecular complexity index is 480. The highest BCUT2D eigenvalue weighted by molar-refractivity contribution is 5.99. The molecule has 0 aromatic rings. The van der Waals surface area contributed by atoms with Crippen LogP contribution in [0.15, 0.2) is 11.6 Å². The molecule has 2 aliphatic heterocycles. The van der Waals surface area contributed by atoms with Crippen molar-refractivity contribution in [2.75, 3.05) is 20.2 Å². The number of carbonyl (C=O) groups is 2. The van der Waals surface area contributed by atoms with Gasteiger partial charge in [-0.1, -0.05) is 13.8 Å². The third kappa shape index (κ3) is 1.55. The second-order valence-corrected chi connectivity index (χ2v) is 6.61. The first-order valence-electron chi connectivity index (χ1n) is 7.00. The molecular weight excluding hydrogens is 242 g/mol. The second kappa shape index (κ2) is 3.92. The maximum Gasteiger partial charge on any atom is 0.326 e. The predicted octanol–water partition coefficient (Wildman–Crippen LogP) is 1.55. The monoisotopic (exact) mass is 263 g/mol. The highest BCUT2D eigenvalue weighted by atomic mass is 16.5. The fraction of sp³-hybridized carbons (Fsp3) is 0.733. The molecule has 4 nitrogen and oxygen atoms in total. The molecule has 19 heavy (non-hydrogen) atoms. The first kappa shape index (κ1) is 12.9. The van der Waals surface area contributed by atoms with E-state index in [-0.39, 0.29) is 23.1 Å². The number of methoxy groups -OCH3 is 1. The van der Waals surface area contributed by atoms with Crippen LogP contribution in [0.5, 0.6) is 0 Å². The van der Waals surface area contributed by atoms with E-state index in [1.54, 1.807) is 0 Å². The van der Waals surface area contributed by atoms with Crippen molar-refractivity contribution >= 4 is 11.8 Å². The Labute approximate surface area is 113 Å². The van der Waals surface area contributed by atoms with Gasteiger partial charge in [-0.2, -0.15) is 0 Å². The number of ether oxygens (including phenoxy) is 1. The van der Waals surface area contributed by atoms with Gasteiger partial charge in [0.15, 0.2) is 5.78 Å². The highest BCUT2D eigenvalue weighted by Gasteiger charge is 2.58. The van der Waals surface area contributed by atoms with Crippen LogP contribution in [-0.4, -0.2) is 42.4 Å². The molecular formula is C15H21NO3. The van der Waals surface area contributed by atoms with E-state index in [2.05, 4.69) is 4.90 Å². The number of allylic oxidation sites excluding steroid dienone is 1. The number of fused-ring (bicyclic) bond motifs is 2. The minimum Gasteiger partial charge on any atom is -0.468 e. The number of hydrogen-bond acceptors (Lipinski definition) is 4. The summed E-state index contributed by atoms with van der Waals surface area (Å²) in [7, 11) is 1.46. The molecule has 0 amide bonds. The Kier molecular flexibility index (Phi) is 2.65. The smallest absolute Gasteiger partial charge is 0.326 e. The molecule has 0 N–H and O–H groups in total. The van der Waals surface area contributed by atoms with Gasteiger partial charge in [0.25, 0.3) is 0 Å². The first-order valence-corrected chi connectivity index (χ1v) is 7.00. The molecule has 2 saturated heterocycles. The summed E-state index contributed by atoms with van der Waals surface area (Å²) < 4.78 is 5.05. The van der Waals surface area contributed by atoms with E-state index < -0.39 is 5.54 Å². The molecule has 2 fully saturated rings. The van der Waals surface area contributed by atoms with Crippen LogP contribution in [0.1, 0.15) is 33.1 Å². The summed E-state index contributed by atoms with van der Waals surface area (Å²) in [6, 6.07) is 0. The lowest BCUT2D eigenvalue weighted by Gasteiger charge is -2.46. The minimum atomic E-state index is -0.487. The molecule has 2 atom stereocenters. The number of hydrogen-bond donors (Lipinski definition) is 0. The SMILES string of the molecule is COC(=O)[C@]12CCCN1CC1=CC(=O)C(C)(C)[C@H]1C2. The van der Waals surface area contributed by atoms with Gasteiger partial charge in [-0.3, -0.25) is 14.5 Å². The summed E-state index contributed by atoms with van der Waals surface area (Å²) in [5.74, 6) is 0.265. The average molecular weight is 263 g/mol. The lowest BCUT2D eigenvalue weighted by Crippen LogP contribution is -2.57. The Hall–Kier alpha value is -1.16. The largest absolute Gasteiger partial charge is 0.468 e. The third-order valence-corrected chi connectivity index (χ3v) is 5.37. The Balaban J connectivity index is 1.99. The van der Waals surface area contributed by atoms with E-state index in [0.29, 0.717) is 0 Å². The van der Waals surface area contributed by atoms with Crippen molar-refractivity contribution in [1.82, 2.24) is 4.90 Å². The lowest BCUT2D eigenvalue weighted by atomic mass is 9.68. The van der Waals surface area contributed by atoms with Gasteiger partial charge in [-0.15, -0.1) is 0 Å². The fourth-order valence-electron chi connectivity index (χ4n) is 4.09. The highest BCUT2D eigenvalue weighted by Crippen LogP contribution is 2.52. The summed E-state index contributed by atoms with van der Waals surface area (Å²) >= 11 is 0. The van der Waals surface area contributed by atoms with Gasteiger partial charge in [0.2, 0.25) is 0 Å². The van der Waals surface area contributed by atoms with Crippen molar-refractivity contribution in [3.63, 3.8) is 0 Å². The Morgan fingerprint density at radius 1 is 1.47 bits per heavy atom. The summed E-state index contributed by atoms with van der Waals surface area (Å²) in [6.07, 6.45) is 4.42. The summed E-state index contributed by atoms with van der Waals surface area (Å²) in [5, 5.41) is 0. The van der Waals surface area contributed by atoms with Crippen molar-refractivity contribution in [3.8, 4) is 0 Å². The lowest BCUT2D eigenvalue weighted by molar-refractivity contribution is -0.156. The van der Waals surface area contributed by atoms with Gasteiger partial charge >= 0.3 is 5.97 Å². The van der Waals surface area contributed by atoms with E-state index in [1.165, 1.54) is 12.7 Å². The van der Waals surface area contributed by atoms with E-state index in [9.17, 15) is 9.59 Å². The standard InChI is InChI=1S/C15H21NO3/c1-14(2)11-8-15(13(18)19-3)5-4-6-16(15)9-10(11)7-12(14)17/h7,11H,4-6,8-9H2,1-3H3/t11-,15+/m0/s1. The van der Waals surface area contributed by atoms with E-state index >= 15 is 0 Å². The number of carbonyl (C=O) groups excluding carboxylic acids is 2. The van der Waals surface area contributed by atoms with Crippen LogP contribution in [0.25, 0.3) is 0 Å². The van der Waals surface area contributed by atoms with E-state index in [4.69, 9.17) is 4.74 Å². The van der Waals surface area contributed by atoms with Crippen LogP contribution in [0.3, 0.4) is 0 Å². The minimum absolute atomic E-state index is 0.126. The van der Waals surface area contributed by atoms with Crippen molar-refractivity contribution in [2.45, 2.75) is 38.6 Å². The number of nitrogens with zero attached hydrogens (tertiary/aromatic N) is 1. The number of ketones is 1. The van der Waals surface area contributed by atoms with E-state index in [1.807, 2.05) is 19.9 Å². The molecule has 104 valence electrons. The maximum absolute atomic E-state index is 12.3. The molecule has 0 spiro atoms. The zero-order valence-corrected chi connectivity index (χ0v) is 11.9. The Morgan fingerprint density at radius 2 is 2.21 bits per heavy atom. The zero-order chi connectivity index (χ0) is 13.8. The van der Waals surface area contributed by atoms with Crippen LogP contribution in [0.2, 0.25) is 0 Å². The molecule has 1 aliphatic carbocycles. The summed E-state index contributed by atoms with van der Waals surface area (Å²) in [6.45, 7) is 5.67. The number of rotatable bonds is 1. The summed E-state index contributed by atoms with van der Waals surface area (Å²) in [5.41, 5.74) is 0.348. The third-order valence-electron chi connectivity index (χ3n) is 5.37. The fourth-order valence-corrected chi connectivity index (χ4v) is 4.09. The van der Waals surface area contributed by atoms with Gasteiger partial charge in [-0.25, -0.2) is 0 Å². The molecule has 3 aliphatic rings. The molecule has 0 aromatic carbocycles. The van der Waals surface area contributed by atoms with Crippen LogP contribution < -0.4 is 0 Å². The van der Waals surface area contributed by atoms with Crippen LogP contribution in [0, 0.1) is 11.3 Å². The van der Waals surface area contributed by atoms with Crippen LogP contribution >= 0.6 is 0 Å². The quantitative estimate of drug-likeness (QED) is 0.673. The molecule has 0 saturated carbocycles. The molecule has 4 heteroatoms. The molecule has 0 unspecified atom stereocenters. The normalized spacial score (nSPS) is 36.7. The molecule has 0 aromatic heterocycles. The first-order chi connectivity index (χ1) is 8.91. The molecule has 2 heterocycles. The van der Waals surface area contributed by atoms with Crippen molar-refractivity contribution in [1.29, 1.82) is 0 Å². The van der Waals surface area contributed by atoms with Crippen molar-refractivity contribution in [3.05, 3.63) is 11.6 Å². The topological polar surface area (TPSA) is 46.6 Å². The van der Waals surface area contributed by atoms with Crippen molar-refractivity contribution in [2.24, 2.45) is 11.3 Å². The average Bonchev–Trinajstić information content (AvgIpc) is 2.88. The van der Waals surface area contributed by atoms with E-state index in [0.717, 1.165) is 32.4 Å². The number of piperidine rings is 1. The molecule has 0 radical (unpaired) electrons. The predicted molar refractivity (Wildman–Crippen MR) is 70.5 cm³/mol. The van der Waals surface area contributed by atoms with Crippen LogP contribution in [-0.2, 0) is 14.3 Å². The maximum atomic E-state index is 12.3. The van der Waals surface area contributed by atoms with Gasteiger partial charge in [0.05, 0.1) is 7.11 Å². The van der Waals surface area contributed by atoms with Gasteiger partial charge in [-0.05, 0) is 43.4 Å². The zero-order valence-electron chi connectivity index (χ0n) is 11.9. The summed E-state index contributed by atoms with van der Waals surface area (Å²) in [4.78, 5) is 26.6.